The van der Waals surface area contributed by atoms with Gasteiger partial charge in [0.2, 0.25) is 0 Å². The number of aliphatic imine (C=N–C) groups is 1. The summed E-state index contributed by atoms with van der Waals surface area (Å²) < 4.78 is 23.5. The van der Waals surface area contributed by atoms with Crippen molar-refractivity contribution in [2.45, 2.75) is 0 Å². The molecule has 1 rings (SSSR count). The number of hydrogen-bond donors (Lipinski definition) is 1. The molecule has 0 atom stereocenters. The van der Waals surface area contributed by atoms with Gasteiger partial charge in [-0.1, -0.05) is 0 Å². The number of rotatable bonds is 4. The maximum absolute atomic E-state index is 13.7. The van der Waals surface area contributed by atoms with Gasteiger partial charge in [-0.05, 0) is 0 Å². The molecule has 0 aliphatic rings. The predicted molar refractivity (Wildman–Crippen MR) is 61.5 cm³/mol. The van der Waals surface area contributed by atoms with E-state index >= 15 is 0 Å². The molecule has 0 saturated heterocycles. The van der Waals surface area contributed by atoms with Gasteiger partial charge in [0.25, 0.3) is 0 Å². The lowest BCUT2D eigenvalue weighted by Gasteiger charge is -2.08. The van der Waals surface area contributed by atoms with E-state index in [4.69, 9.17) is 26.8 Å². The molecule has 0 saturated carbocycles. The fourth-order valence-corrected chi connectivity index (χ4v) is 1.15. The number of benzene rings is 1. The standard InChI is InChI=1S/C10H12ClFN2O2/c1-15-6-3-7(14-9(13)5-11)10(12)8(4-6)16-2/h3-4H,5H2,1-2H3,(H2,13,14). The molecule has 0 aliphatic heterocycles. The highest BCUT2D eigenvalue weighted by Crippen LogP contribution is 2.32. The zero-order valence-electron chi connectivity index (χ0n) is 8.96. The minimum Gasteiger partial charge on any atom is -0.497 e. The molecule has 4 nitrogen and oxygen atoms in total. The highest BCUT2D eigenvalue weighted by molar-refractivity contribution is 6.28. The van der Waals surface area contributed by atoms with Gasteiger partial charge in [-0.3, -0.25) is 0 Å². The fourth-order valence-electron chi connectivity index (χ4n) is 1.09. The van der Waals surface area contributed by atoms with Crippen LogP contribution in [0.4, 0.5) is 10.1 Å². The van der Waals surface area contributed by atoms with E-state index in [2.05, 4.69) is 4.99 Å². The minimum absolute atomic E-state index is 0.0268. The van der Waals surface area contributed by atoms with E-state index in [1.54, 1.807) is 0 Å². The first-order chi connectivity index (χ1) is 7.62. The van der Waals surface area contributed by atoms with Gasteiger partial charge in [-0.15, -0.1) is 11.6 Å². The third-order valence-corrected chi connectivity index (χ3v) is 2.12. The number of hydrogen-bond acceptors (Lipinski definition) is 3. The number of alkyl halides is 1. The number of methoxy groups -OCH3 is 2. The summed E-state index contributed by atoms with van der Waals surface area (Å²) in [5, 5.41) is 0. The Balaban J connectivity index is 3.26. The van der Waals surface area contributed by atoms with E-state index in [1.165, 1.54) is 26.4 Å². The van der Waals surface area contributed by atoms with Crippen molar-refractivity contribution in [3.05, 3.63) is 17.9 Å². The van der Waals surface area contributed by atoms with Gasteiger partial charge in [0.05, 0.1) is 20.1 Å². The van der Waals surface area contributed by atoms with Crippen LogP contribution >= 0.6 is 11.6 Å². The first kappa shape index (κ1) is 12.6. The Morgan fingerprint density at radius 3 is 2.62 bits per heavy atom. The Morgan fingerprint density at radius 2 is 2.12 bits per heavy atom. The van der Waals surface area contributed by atoms with Crippen LogP contribution in [0, 0.1) is 5.82 Å². The molecule has 0 bridgehead atoms. The molecule has 0 spiro atoms. The van der Waals surface area contributed by atoms with Crippen molar-refractivity contribution in [3.8, 4) is 11.5 Å². The molecule has 0 unspecified atom stereocenters. The Kier molecular flexibility index (Phi) is 4.37. The van der Waals surface area contributed by atoms with E-state index in [9.17, 15) is 4.39 Å². The second-order valence-corrected chi connectivity index (χ2v) is 3.17. The Morgan fingerprint density at radius 1 is 1.44 bits per heavy atom. The molecule has 16 heavy (non-hydrogen) atoms. The lowest BCUT2D eigenvalue weighted by atomic mass is 10.2. The average molecular weight is 247 g/mol. The normalized spacial score (nSPS) is 11.4. The van der Waals surface area contributed by atoms with E-state index in [0.717, 1.165) is 0 Å². The second kappa shape index (κ2) is 5.55. The summed E-state index contributed by atoms with van der Waals surface area (Å²) in [6.07, 6.45) is 0. The largest absolute Gasteiger partial charge is 0.497 e. The van der Waals surface area contributed by atoms with Gasteiger partial charge in [-0.25, -0.2) is 9.38 Å². The number of ether oxygens (including phenoxy) is 2. The number of nitrogens with two attached hydrogens (primary N) is 1. The van der Waals surface area contributed by atoms with Crippen LogP contribution in [0.3, 0.4) is 0 Å². The van der Waals surface area contributed by atoms with E-state index in [0.29, 0.717) is 5.75 Å². The van der Waals surface area contributed by atoms with Crippen LogP contribution in [0.2, 0.25) is 0 Å². The van der Waals surface area contributed by atoms with Crippen LogP contribution in [0.25, 0.3) is 0 Å². The summed E-state index contributed by atoms with van der Waals surface area (Å²) >= 11 is 5.46. The molecular weight excluding hydrogens is 235 g/mol. The summed E-state index contributed by atoms with van der Waals surface area (Å²) in [6, 6.07) is 2.84. The van der Waals surface area contributed by atoms with E-state index in [1.807, 2.05) is 0 Å². The van der Waals surface area contributed by atoms with Crippen LogP contribution in [0.15, 0.2) is 17.1 Å². The third kappa shape index (κ3) is 2.76. The molecule has 0 fully saturated rings. The van der Waals surface area contributed by atoms with Crippen LogP contribution in [-0.2, 0) is 0 Å². The van der Waals surface area contributed by atoms with E-state index in [-0.39, 0.29) is 23.2 Å². The van der Waals surface area contributed by atoms with E-state index < -0.39 is 5.82 Å². The molecule has 0 amide bonds. The number of amidine groups is 1. The first-order valence-electron chi connectivity index (χ1n) is 4.43. The van der Waals surface area contributed by atoms with Crippen molar-refractivity contribution >= 4 is 23.1 Å². The van der Waals surface area contributed by atoms with Gasteiger partial charge in [0, 0.05) is 12.1 Å². The topological polar surface area (TPSA) is 56.8 Å². The number of halogens is 2. The highest BCUT2D eigenvalue weighted by Gasteiger charge is 2.11. The van der Waals surface area contributed by atoms with Crippen molar-refractivity contribution in [3.63, 3.8) is 0 Å². The van der Waals surface area contributed by atoms with Gasteiger partial charge in [0.15, 0.2) is 11.6 Å². The zero-order chi connectivity index (χ0) is 12.1. The molecule has 0 aliphatic carbocycles. The quantitative estimate of drug-likeness (QED) is 0.503. The average Bonchev–Trinajstić information content (AvgIpc) is 2.31. The molecular formula is C10H12ClFN2O2. The Labute approximate surface area is 97.8 Å². The van der Waals surface area contributed by atoms with Gasteiger partial charge in [0.1, 0.15) is 17.3 Å². The molecule has 0 aromatic heterocycles. The minimum atomic E-state index is -0.601. The van der Waals surface area contributed by atoms with Gasteiger partial charge >= 0.3 is 0 Å². The fraction of sp³-hybridized carbons (Fsp3) is 0.300. The third-order valence-electron chi connectivity index (χ3n) is 1.85. The molecule has 6 heteroatoms. The smallest absolute Gasteiger partial charge is 0.190 e. The summed E-state index contributed by atoms with van der Waals surface area (Å²) in [5.41, 5.74) is 5.46. The zero-order valence-corrected chi connectivity index (χ0v) is 9.71. The first-order valence-corrected chi connectivity index (χ1v) is 4.96. The summed E-state index contributed by atoms with van der Waals surface area (Å²) in [7, 11) is 2.82. The Bertz CT molecular complexity index is 410. The predicted octanol–water partition coefficient (Wildman–Crippen LogP) is 2.07. The number of nitrogens with zero attached hydrogens (tertiary/aromatic N) is 1. The second-order valence-electron chi connectivity index (χ2n) is 2.90. The summed E-state index contributed by atoms with van der Waals surface area (Å²) in [6.45, 7) is 0. The van der Waals surface area contributed by atoms with Crippen molar-refractivity contribution in [2.75, 3.05) is 20.1 Å². The molecule has 1 aromatic carbocycles. The van der Waals surface area contributed by atoms with Crippen LogP contribution in [0.5, 0.6) is 11.5 Å². The maximum atomic E-state index is 13.7. The highest BCUT2D eigenvalue weighted by atomic mass is 35.5. The Hall–Kier alpha value is -1.49. The van der Waals surface area contributed by atoms with Crippen LogP contribution in [-0.4, -0.2) is 25.9 Å². The lowest BCUT2D eigenvalue weighted by molar-refractivity contribution is 0.374. The summed E-state index contributed by atoms with van der Waals surface area (Å²) in [5.74, 6) is 0.0194. The monoisotopic (exact) mass is 246 g/mol. The van der Waals surface area contributed by atoms with Crippen LogP contribution in [0.1, 0.15) is 0 Å². The molecule has 2 N–H and O–H groups in total. The maximum Gasteiger partial charge on any atom is 0.190 e. The van der Waals surface area contributed by atoms with Crippen molar-refractivity contribution in [1.29, 1.82) is 0 Å². The molecule has 88 valence electrons. The van der Waals surface area contributed by atoms with Crippen LogP contribution < -0.4 is 15.2 Å². The molecule has 0 radical (unpaired) electrons. The van der Waals surface area contributed by atoms with Crippen molar-refractivity contribution in [1.82, 2.24) is 0 Å². The lowest BCUT2D eigenvalue weighted by Crippen LogP contribution is -2.12. The van der Waals surface area contributed by atoms with Crippen molar-refractivity contribution in [2.24, 2.45) is 10.7 Å². The molecule has 1 aromatic rings. The van der Waals surface area contributed by atoms with Gasteiger partial charge < -0.3 is 15.2 Å². The van der Waals surface area contributed by atoms with Crippen molar-refractivity contribution < 1.29 is 13.9 Å². The van der Waals surface area contributed by atoms with Gasteiger partial charge in [-0.2, -0.15) is 0 Å². The summed E-state index contributed by atoms with van der Waals surface area (Å²) in [4.78, 5) is 3.82. The molecule has 0 heterocycles. The SMILES string of the molecule is COc1cc(N=C(N)CCl)c(F)c(OC)c1.